The summed E-state index contributed by atoms with van der Waals surface area (Å²) in [7, 11) is 0. The second kappa shape index (κ2) is 7.92. The average molecular weight is 439 g/mol. The predicted octanol–water partition coefficient (Wildman–Crippen LogP) is 0.0486. The zero-order valence-electron chi connectivity index (χ0n) is 14.4. The zero-order chi connectivity index (χ0) is 21.3. The summed E-state index contributed by atoms with van der Waals surface area (Å²) in [5, 5.41) is 24.5. The number of nitrogens with one attached hydrogen (secondary N) is 1. The van der Waals surface area contributed by atoms with Crippen LogP contribution in [0.2, 0.25) is 0 Å². The number of hydrogen-bond acceptors (Lipinski definition) is 10. The first-order chi connectivity index (χ1) is 13.7. The van der Waals surface area contributed by atoms with E-state index >= 15 is 0 Å². The van der Waals surface area contributed by atoms with Gasteiger partial charge in [0.05, 0.1) is 0 Å². The normalized spacial score (nSPS) is 21.2. The standard InChI is InChI=1S/C15H13N5O7S2/c1-2-5-3-28-12-8(11(22)20(12)9(5)13(23)24)18-10(21)7(19-27-15(25)26)6-4-29-14(16)17-6/h2,4,8,12H,1,3H2,(H2,16,17)(H,18,21)(H,23,24)(H,25,26)/b19-7+/t8-,12-/m1/s1. The van der Waals surface area contributed by atoms with Gasteiger partial charge in [-0.05, 0) is 5.57 Å². The maximum Gasteiger partial charge on any atom is 0.532 e. The number of carbonyl (C=O) groups excluding carboxylic acids is 2. The maximum absolute atomic E-state index is 12.6. The third kappa shape index (κ3) is 3.79. The number of amides is 2. The molecule has 2 amide bonds. The smallest absolute Gasteiger partial charge is 0.477 e. The monoisotopic (exact) mass is 439 g/mol. The lowest BCUT2D eigenvalue weighted by Gasteiger charge is -2.49. The molecule has 14 heteroatoms. The summed E-state index contributed by atoms with van der Waals surface area (Å²) in [5.74, 6) is -2.55. The SMILES string of the molecule is C=CC1=C(C(=O)O)N2C(=O)[C@@H](NC(=O)/C(=N/OC(=O)O)c3csc(N)n3)[C@H]2SC1. The Balaban J connectivity index is 1.82. The minimum atomic E-state index is -1.75. The average Bonchev–Trinajstić information content (AvgIpc) is 3.10. The van der Waals surface area contributed by atoms with Crippen molar-refractivity contribution in [2.24, 2.45) is 5.16 Å². The van der Waals surface area contributed by atoms with Gasteiger partial charge in [-0.25, -0.2) is 14.6 Å². The number of hydrogen-bond donors (Lipinski definition) is 4. The second-order valence-electron chi connectivity index (χ2n) is 5.61. The van der Waals surface area contributed by atoms with Gasteiger partial charge in [-0.1, -0.05) is 17.8 Å². The van der Waals surface area contributed by atoms with E-state index in [1.54, 1.807) is 0 Å². The highest BCUT2D eigenvalue weighted by molar-refractivity contribution is 8.00. The quantitative estimate of drug-likeness (QED) is 0.204. The number of aliphatic carboxylic acids is 1. The molecule has 0 aliphatic carbocycles. The third-order valence-electron chi connectivity index (χ3n) is 3.93. The van der Waals surface area contributed by atoms with E-state index in [1.165, 1.54) is 23.2 Å². The van der Waals surface area contributed by atoms with E-state index in [2.05, 4.69) is 26.9 Å². The number of nitrogens with two attached hydrogens (primary N) is 1. The number of carboxylic acids is 1. The van der Waals surface area contributed by atoms with Crippen LogP contribution in [0.15, 0.2) is 34.5 Å². The molecule has 0 saturated carbocycles. The van der Waals surface area contributed by atoms with Crippen molar-refractivity contribution in [3.63, 3.8) is 0 Å². The predicted molar refractivity (Wildman–Crippen MR) is 102 cm³/mol. The van der Waals surface area contributed by atoms with Crippen molar-refractivity contribution < 1.29 is 34.2 Å². The summed E-state index contributed by atoms with van der Waals surface area (Å²) in [5.41, 5.74) is 5.20. The van der Waals surface area contributed by atoms with Gasteiger partial charge in [-0.15, -0.1) is 23.1 Å². The lowest BCUT2D eigenvalue weighted by atomic mass is 10.0. The molecule has 1 saturated heterocycles. The Morgan fingerprint density at radius 2 is 2.17 bits per heavy atom. The summed E-state index contributed by atoms with van der Waals surface area (Å²) in [6.45, 7) is 3.55. The van der Waals surface area contributed by atoms with Crippen LogP contribution < -0.4 is 11.1 Å². The van der Waals surface area contributed by atoms with E-state index in [9.17, 15) is 24.3 Å². The fourth-order valence-corrected chi connectivity index (χ4v) is 4.58. The van der Waals surface area contributed by atoms with E-state index in [0.717, 1.165) is 16.2 Å². The molecule has 2 atom stereocenters. The van der Waals surface area contributed by atoms with Crippen LogP contribution in [0.1, 0.15) is 5.69 Å². The molecule has 2 aliphatic rings. The molecule has 152 valence electrons. The van der Waals surface area contributed by atoms with Crippen molar-refractivity contribution in [1.29, 1.82) is 0 Å². The highest BCUT2D eigenvalue weighted by Crippen LogP contribution is 2.40. The van der Waals surface area contributed by atoms with Gasteiger partial charge in [0, 0.05) is 11.1 Å². The van der Waals surface area contributed by atoms with Gasteiger partial charge >= 0.3 is 12.1 Å². The summed E-state index contributed by atoms with van der Waals surface area (Å²) in [4.78, 5) is 56.3. The number of carbonyl (C=O) groups is 4. The van der Waals surface area contributed by atoms with Gasteiger partial charge in [0.1, 0.15) is 22.8 Å². The number of β-lactam (4-membered cyclic amide) rings is 1. The number of aromatic nitrogens is 1. The minimum Gasteiger partial charge on any atom is -0.477 e. The van der Waals surface area contributed by atoms with Crippen LogP contribution in [0.3, 0.4) is 0 Å². The number of allylic oxidation sites excluding steroid dienone is 1. The van der Waals surface area contributed by atoms with Crippen LogP contribution in [0.4, 0.5) is 9.93 Å². The van der Waals surface area contributed by atoms with Crippen LogP contribution in [0, 0.1) is 0 Å². The molecular weight excluding hydrogens is 426 g/mol. The number of carboxylic acid groups (broad SMARTS) is 2. The molecule has 0 unspecified atom stereocenters. The lowest BCUT2D eigenvalue weighted by Crippen LogP contribution is -2.71. The Morgan fingerprint density at radius 1 is 1.45 bits per heavy atom. The highest BCUT2D eigenvalue weighted by Gasteiger charge is 2.54. The number of anilines is 1. The van der Waals surface area contributed by atoms with Crippen LogP contribution in [0.25, 0.3) is 0 Å². The molecule has 0 aromatic carbocycles. The first-order valence-corrected chi connectivity index (χ1v) is 9.71. The Morgan fingerprint density at radius 3 is 2.72 bits per heavy atom. The van der Waals surface area contributed by atoms with E-state index in [-0.39, 0.29) is 22.3 Å². The van der Waals surface area contributed by atoms with Crippen molar-refractivity contribution in [2.45, 2.75) is 11.4 Å². The third-order valence-corrected chi connectivity index (χ3v) is 5.90. The molecule has 0 bridgehead atoms. The molecule has 1 aromatic rings. The van der Waals surface area contributed by atoms with Crippen LogP contribution >= 0.6 is 23.1 Å². The fraction of sp³-hybridized carbons (Fsp3) is 0.200. The molecule has 2 aliphatic heterocycles. The van der Waals surface area contributed by atoms with Crippen molar-refractivity contribution in [1.82, 2.24) is 15.2 Å². The van der Waals surface area contributed by atoms with Crippen molar-refractivity contribution in [2.75, 3.05) is 11.5 Å². The van der Waals surface area contributed by atoms with E-state index in [0.29, 0.717) is 5.57 Å². The maximum atomic E-state index is 12.6. The molecular formula is C15H13N5O7S2. The topological polar surface area (TPSA) is 185 Å². The number of thioether (sulfide) groups is 1. The highest BCUT2D eigenvalue weighted by atomic mass is 32.2. The summed E-state index contributed by atoms with van der Waals surface area (Å²) in [6, 6.07) is -1.04. The first kappa shape index (κ1) is 20.3. The van der Waals surface area contributed by atoms with E-state index < -0.39 is 41.1 Å². The Bertz CT molecular complexity index is 985. The van der Waals surface area contributed by atoms with Gasteiger partial charge in [0.25, 0.3) is 11.8 Å². The number of thiazole rings is 1. The lowest BCUT2D eigenvalue weighted by molar-refractivity contribution is -0.150. The van der Waals surface area contributed by atoms with Crippen LogP contribution in [0.5, 0.6) is 0 Å². The Kier molecular flexibility index (Phi) is 5.56. The van der Waals surface area contributed by atoms with E-state index in [1.807, 2.05) is 0 Å². The minimum absolute atomic E-state index is 0.0359. The molecule has 29 heavy (non-hydrogen) atoms. The van der Waals surface area contributed by atoms with Gasteiger partial charge in [-0.3, -0.25) is 19.3 Å². The zero-order valence-corrected chi connectivity index (χ0v) is 16.0. The van der Waals surface area contributed by atoms with Gasteiger partial charge in [-0.2, -0.15) is 0 Å². The van der Waals surface area contributed by atoms with Crippen molar-refractivity contribution >= 4 is 57.9 Å². The first-order valence-electron chi connectivity index (χ1n) is 7.78. The Labute approximate surface area is 170 Å². The number of rotatable bonds is 6. The summed E-state index contributed by atoms with van der Waals surface area (Å²) >= 11 is 2.24. The molecule has 0 radical (unpaired) electrons. The van der Waals surface area contributed by atoms with Crippen LogP contribution in [-0.2, 0) is 19.2 Å². The summed E-state index contributed by atoms with van der Waals surface area (Å²) < 4.78 is 0. The fourth-order valence-electron chi connectivity index (χ4n) is 2.69. The van der Waals surface area contributed by atoms with Gasteiger partial charge in [0.2, 0.25) is 0 Å². The molecule has 1 fully saturated rings. The molecule has 3 rings (SSSR count). The molecule has 0 spiro atoms. The van der Waals surface area contributed by atoms with Gasteiger partial charge < -0.3 is 21.3 Å². The Hall–Kier alpha value is -3.39. The second-order valence-corrected chi connectivity index (χ2v) is 7.61. The number of oxime groups is 1. The van der Waals surface area contributed by atoms with Crippen molar-refractivity contribution in [3.05, 3.63) is 35.0 Å². The van der Waals surface area contributed by atoms with E-state index in [4.69, 9.17) is 10.8 Å². The largest absolute Gasteiger partial charge is 0.532 e. The summed E-state index contributed by atoms with van der Waals surface area (Å²) in [6.07, 6.45) is -0.382. The molecule has 5 N–H and O–H groups in total. The number of nitrogen functional groups attached to an aromatic ring is 1. The van der Waals surface area contributed by atoms with Crippen molar-refractivity contribution in [3.8, 4) is 0 Å². The molecule has 1 aromatic heterocycles. The molecule has 3 heterocycles. The number of fused-ring (bicyclic) bond motifs is 1. The number of nitrogens with zero attached hydrogens (tertiary/aromatic N) is 3. The molecule has 12 nitrogen and oxygen atoms in total. The van der Waals surface area contributed by atoms with Crippen LogP contribution in [-0.4, -0.2) is 66.9 Å². The van der Waals surface area contributed by atoms with Gasteiger partial charge in [0.15, 0.2) is 10.8 Å².